The fourth-order valence-electron chi connectivity index (χ4n) is 3.45. The second-order valence-corrected chi connectivity index (χ2v) is 7.04. The largest absolute Gasteiger partial charge is 0.368 e. The van der Waals surface area contributed by atoms with Gasteiger partial charge in [-0.3, -0.25) is 4.79 Å². The second-order valence-electron chi connectivity index (χ2n) is 7.04. The molecule has 1 N–H and O–H groups in total. The molecule has 0 saturated carbocycles. The van der Waals surface area contributed by atoms with Crippen LogP contribution in [0.3, 0.4) is 0 Å². The lowest BCUT2D eigenvalue weighted by Crippen LogP contribution is -2.46. The van der Waals surface area contributed by atoms with E-state index in [1.54, 1.807) is 0 Å². The van der Waals surface area contributed by atoms with Crippen molar-refractivity contribution < 1.29 is 4.79 Å². The molecule has 1 heterocycles. The third-order valence-corrected chi connectivity index (χ3v) is 5.07. The van der Waals surface area contributed by atoms with Gasteiger partial charge in [0.25, 0.3) is 0 Å². The van der Waals surface area contributed by atoms with Crippen molar-refractivity contribution in [3.05, 3.63) is 54.6 Å². The molecule has 0 radical (unpaired) electrons. The van der Waals surface area contributed by atoms with E-state index < -0.39 is 0 Å². The van der Waals surface area contributed by atoms with Crippen molar-refractivity contribution in [3.63, 3.8) is 0 Å². The van der Waals surface area contributed by atoms with Crippen molar-refractivity contribution in [2.24, 2.45) is 5.92 Å². The Bertz CT molecular complexity index is 691. The number of nitrogens with one attached hydrogen (secondary N) is 1. The SMILES string of the molecule is CCCC(C)C(=O)Nc1ccc(N2CCN(c3ccccc3)CC2)cc1. The Hall–Kier alpha value is -2.49. The average molecular weight is 351 g/mol. The standard InChI is InChI=1S/C22H29N3O/c1-3-7-18(2)22(26)23-19-10-12-21(13-11-19)25-16-14-24(15-17-25)20-8-5-4-6-9-20/h4-6,8-13,18H,3,7,14-17H2,1-2H3,(H,23,26). The minimum atomic E-state index is 0.0609. The Balaban J connectivity index is 1.54. The highest BCUT2D eigenvalue weighted by molar-refractivity contribution is 5.92. The fourth-order valence-corrected chi connectivity index (χ4v) is 3.45. The Labute approximate surface area is 156 Å². The number of hydrogen-bond acceptors (Lipinski definition) is 3. The fraction of sp³-hybridized carbons (Fsp3) is 0.409. The van der Waals surface area contributed by atoms with Crippen LogP contribution in [-0.2, 0) is 4.79 Å². The van der Waals surface area contributed by atoms with Crippen LogP contribution in [0.1, 0.15) is 26.7 Å². The number of rotatable bonds is 6. The third kappa shape index (κ3) is 4.57. The Morgan fingerprint density at radius 3 is 2.00 bits per heavy atom. The van der Waals surface area contributed by atoms with Crippen molar-refractivity contribution in [2.75, 3.05) is 41.3 Å². The lowest BCUT2D eigenvalue weighted by Gasteiger charge is -2.37. The summed E-state index contributed by atoms with van der Waals surface area (Å²) < 4.78 is 0. The summed E-state index contributed by atoms with van der Waals surface area (Å²) in [5.41, 5.74) is 3.40. The molecule has 4 nitrogen and oxygen atoms in total. The zero-order chi connectivity index (χ0) is 18.4. The number of carbonyl (C=O) groups excluding carboxylic acids is 1. The molecular formula is C22H29N3O. The van der Waals surface area contributed by atoms with Gasteiger partial charge in [0, 0.05) is 49.2 Å². The van der Waals surface area contributed by atoms with Crippen LogP contribution in [0.25, 0.3) is 0 Å². The number of nitrogens with zero attached hydrogens (tertiary/aromatic N) is 2. The molecular weight excluding hydrogens is 322 g/mol. The molecule has 138 valence electrons. The first-order chi connectivity index (χ1) is 12.7. The van der Waals surface area contributed by atoms with Crippen LogP contribution in [0.2, 0.25) is 0 Å². The van der Waals surface area contributed by atoms with E-state index in [1.165, 1.54) is 11.4 Å². The number of carbonyl (C=O) groups is 1. The van der Waals surface area contributed by atoms with Gasteiger partial charge >= 0.3 is 0 Å². The highest BCUT2D eigenvalue weighted by Gasteiger charge is 2.17. The normalized spacial score (nSPS) is 15.6. The maximum atomic E-state index is 12.1. The van der Waals surface area contributed by atoms with E-state index in [0.29, 0.717) is 0 Å². The van der Waals surface area contributed by atoms with E-state index in [-0.39, 0.29) is 11.8 Å². The van der Waals surface area contributed by atoms with Gasteiger partial charge in [-0.15, -0.1) is 0 Å². The van der Waals surface area contributed by atoms with Crippen LogP contribution < -0.4 is 15.1 Å². The average Bonchev–Trinajstić information content (AvgIpc) is 2.69. The van der Waals surface area contributed by atoms with E-state index in [9.17, 15) is 4.79 Å². The van der Waals surface area contributed by atoms with E-state index in [1.807, 2.05) is 19.1 Å². The zero-order valence-electron chi connectivity index (χ0n) is 15.8. The molecule has 1 aliphatic heterocycles. The number of amides is 1. The Morgan fingerprint density at radius 1 is 0.923 bits per heavy atom. The lowest BCUT2D eigenvalue weighted by atomic mass is 10.1. The number of anilines is 3. The number of benzene rings is 2. The Kier molecular flexibility index (Phi) is 6.16. The summed E-state index contributed by atoms with van der Waals surface area (Å²) in [6, 6.07) is 18.8. The minimum Gasteiger partial charge on any atom is -0.368 e. The molecule has 1 aliphatic rings. The monoisotopic (exact) mass is 351 g/mol. The van der Waals surface area contributed by atoms with Crippen molar-refractivity contribution in [1.29, 1.82) is 0 Å². The van der Waals surface area contributed by atoms with Crippen LogP contribution in [0, 0.1) is 5.92 Å². The number of piperazine rings is 1. The van der Waals surface area contributed by atoms with Gasteiger partial charge in [-0.2, -0.15) is 0 Å². The van der Waals surface area contributed by atoms with Crippen molar-refractivity contribution in [1.82, 2.24) is 0 Å². The quantitative estimate of drug-likeness (QED) is 0.838. The molecule has 0 bridgehead atoms. The van der Waals surface area contributed by atoms with Gasteiger partial charge in [0.15, 0.2) is 0 Å². The molecule has 2 aromatic rings. The summed E-state index contributed by atoms with van der Waals surface area (Å²) >= 11 is 0. The summed E-state index contributed by atoms with van der Waals surface area (Å²) in [6.45, 7) is 8.16. The first-order valence-electron chi connectivity index (χ1n) is 9.63. The van der Waals surface area contributed by atoms with E-state index in [2.05, 4.69) is 64.5 Å². The predicted molar refractivity (Wildman–Crippen MR) is 110 cm³/mol. The van der Waals surface area contributed by atoms with Gasteiger partial charge in [-0.05, 0) is 42.8 Å². The number of para-hydroxylation sites is 1. The minimum absolute atomic E-state index is 0.0609. The predicted octanol–water partition coefficient (Wildman–Crippen LogP) is 4.39. The first-order valence-corrected chi connectivity index (χ1v) is 9.63. The summed E-state index contributed by atoms with van der Waals surface area (Å²) in [4.78, 5) is 17.0. The van der Waals surface area contributed by atoms with Crippen LogP contribution in [0.5, 0.6) is 0 Å². The van der Waals surface area contributed by atoms with Gasteiger partial charge in [0.05, 0.1) is 0 Å². The summed E-state index contributed by atoms with van der Waals surface area (Å²) in [7, 11) is 0. The van der Waals surface area contributed by atoms with Gasteiger partial charge in [0.1, 0.15) is 0 Å². The van der Waals surface area contributed by atoms with Gasteiger partial charge in [0.2, 0.25) is 5.91 Å². The van der Waals surface area contributed by atoms with E-state index in [4.69, 9.17) is 0 Å². The smallest absolute Gasteiger partial charge is 0.227 e. The van der Waals surface area contributed by atoms with Crippen molar-refractivity contribution in [2.45, 2.75) is 26.7 Å². The first kappa shape index (κ1) is 18.3. The van der Waals surface area contributed by atoms with Crippen LogP contribution in [0.4, 0.5) is 17.1 Å². The summed E-state index contributed by atoms with van der Waals surface area (Å²) in [5.74, 6) is 0.168. The van der Waals surface area contributed by atoms with E-state index in [0.717, 1.165) is 44.7 Å². The van der Waals surface area contributed by atoms with Gasteiger partial charge in [-0.1, -0.05) is 38.5 Å². The van der Waals surface area contributed by atoms with Crippen LogP contribution in [0.15, 0.2) is 54.6 Å². The van der Waals surface area contributed by atoms with Crippen molar-refractivity contribution in [3.8, 4) is 0 Å². The molecule has 0 spiro atoms. The zero-order valence-corrected chi connectivity index (χ0v) is 15.8. The molecule has 1 amide bonds. The lowest BCUT2D eigenvalue weighted by molar-refractivity contribution is -0.119. The molecule has 1 unspecified atom stereocenters. The molecule has 26 heavy (non-hydrogen) atoms. The molecule has 0 aliphatic carbocycles. The highest BCUT2D eigenvalue weighted by atomic mass is 16.1. The Morgan fingerprint density at radius 2 is 1.46 bits per heavy atom. The van der Waals surface area contributed by atoms with Gasteiger partial charge in [-0.25, -0.2) is 0 Å². The second kappa shape index (κ2) is 8.75. The molecule has 4 heteroatoms. The molecule has 1 saturated heterocycles. The number of hydrogen-bond donors (Lipinski definition) is 1. The third-order valence-electron chi connectivity index (χ3n) is 5.07. The summed E-state index contributed by atoms with van der Waals surface area (Å²) in [6.07, 6.45) is 1.96. The topological polar surface area (TPSA) is 35.6 Å². The van der Waals surface area contributed by atoms with E-state index >= 15 is 0 Å². The van der Waals surface area contributed by atoms with Gasteiger partial charge < -0.3 is 15.1 Å². The maximum absolute atomic E-state index is 12.1. The molecule has 0 aromatic heterocycles. The van der Waals surface area contributed by atoms with Crippen LogP contribution in [-0.4, -0.2) is 32.1 Å². The maximum Gasteiger partial charge on any atom is 0.227 e. The molecule has 2 aromatic carbocycles. The van der Waals surface area contributed by atoms with Crippen molar-refractivity contribution >= 4 is 23.0 Å². The van der Waals surface area contributed by atoms with Crippen LogP contribution >= 0.6 is 0 Å². The summed E-state index contributed by atoms with van der Waals surface area (Å²) in [5, 5.41) is 3.02. The molecule has 3 rings (SSSR count). The molecule has 1 fully saturated rings. The highest BCUT2D eigenvalue weighted by Crippen LogP contribution is 2.22. The molecule has 1 atom stereocenters.